The van der Waals surface area contributed by atoms with Gasteiger partial charge in [-0.25, -0.2) is 9.78 Å². The Morgan fingerprint density at radius 2 is 1.65 bits per heavy atom. The number of nitrogens with zero attached hydrogens (tertiary/aromatic N) is 1. The highest BCUT2D eigenvalue weighted by Crippen LogP contribution is 2.06. The summed E-state index contributed by atoms with van der Waals surface area (Å²) in [5, 5.41) is 34.4. The van der Waals surface area contributed by atoms with E-state index in [2.05, 4.69) is 25.9 Å². The van der Waals surface area contributed by atoms with Gasteiger partial charge in [0.25, 0.3) is 0 Å². The maximum Gasteiger partial charge on any atom is 0.326 e. The topological polar surface area (TPSA) is 237 Å². The lowest BCUT2D eigenvalue weighted by atomic mass is 10.1. The highest BCUT2D eigenvalue weighted by molar-refractivity contribution is 7.98. The molecule has 0 bridgehead atoms. The zero-order chi connectivity index (χ0) is 25.7. The van der Waals surface area contributed by atoms with E-state index < -0.39 is 66.9 Å². The molecule has 0 aliphatic rings. The van der Waals surface area contributed by atoms with Crippen LogP contribution in [-0.4, -0.2) is 97.7 Å². The molecule has 0 aliphatic heterocycles. The van der Waals surface area contributed by atoms with Crippen molar-refractivity contribution in [3.05, 3.63) is 18.2 Å². The van der Waals surface area contributed by atoms with Crippen LogP contribution >= 0.6 is 11.8 Å². The number of aliphatic hydroxyl groups excluding tert-OH is 1. The van der Waals surface area contributed by atoms with E-state index in [0.29, 0.717) is 11.4 Å². The van der Waals surface area contributed by atoms with Gasteiger partial charge in [-0.1, -0.05) is 0 Å². The molecule has 1 aromatic rings. The first-order chi connectivity index (χ1) is 16.1. The summed E-state index contributed by atoms with van der Waals surface area (Å²) in [7, 11) is 0. The number of carbonyl (C=O) groups excluding carboxylic acids is 3. The highest BCUT2D eigenvalue weighted by Gasteiger charge is 2.30. The van der Waals surface area contributed by atoms with Crippen LogP contribution in [0.15, 0.2) is 12.5 Å². The number of hydrogen-bond acceptors (Lipinski definition) is 9. The summed E-state index contributed by atoms with van der Waals surface area (Å²) in [5.41, 5.74) is 5.96. The maximum atomic E-state index is 12.9. The first-order valence-electron chi connectivity index (χ1n) is 10.3. The number of aliphatic carboxylic acids is 2. The summed E-state index contributed by atoms with van der Waals surface area (Å²) in [4.78, 5) is 66.7. The first-order valence-corrected chi connectivity index (χ1v) is 11.7. The quantitative estimate of drug-likeness (QED) is 0.117. The van der Waals surface area contributed by atoms with Crippen molar-refractivity contribution in [3.63, 3.8) is 0 Å². The van der Waals surface area contributed by atoms with Crippen molar-refractivity contribution in [3.8, 4) is 0 Å². The standard InChI is InChI=1S/C19H30N6O8S/c1-34-5-4-12(23-16(29)11(20)8-26)17(30)25-14(6-10-7-21-9-22-10)18(31)24-13(19(32)33)2-3-15(27)28/h7,9,11-14,26H,2-6,8,20H2,1H3,(H,21,22)(H,23,29)(H,24,31)(H,25,30)(H,27,28)(H,32,33). The lowest BCUT2D eigenvalue weighted by Gasteiger charge is -2.24. The zero-order valence-electron chi connectivity index (χ0n) is 18.5. The van der Waals surface area contributed by atoms with Gasteiger partial charge in [0.2, 0.25) is 17.7 Å². The van der Waals surface area contributed by atoms with E-state index in [9.17, 15) is 29.1 Å². The van der Waals surface area contributed by atoms with E-state index in [1.165, 1.54) is 24.3 Å². The molecular formula is C19H30N6O8S. The van der Waals surface area contributed by atoms with Crippen LogP contribution in [0.25, 0.3) is 0 Å². The van der Waals surface area contributed by atoms with E-state index >= 15 is 0 Å². The number of amides is 3. The number of nitrogens with two attached hydrogens (primary N) is 1. The number of thioether (sulfide) groups is 1. The average Bonchev–Trinajstić information content (AvgIpc) is 3.30. The first kappa shape index (κ1) is 28.9. The van der Waals surface area contributed by atoms with E-state index in [1.54, 1.807) is 6.26 Å². The second-order valence-corrected chi connectivity index (χ2v) is 8.29. The molecule has 34 heavy (non-hydrogen) atoms. The number of imidazole rings is 1. The molecule has 4 atom stereocenters. The van der Waals surface area contributed by atoms with Gasteiger partial charge >= 0.3 is 11.9 Å². The van der Waals surface area contributed by atoms with Crippen LogP contribution in [0, 0.1) is 0 Å². The molecule has 0 radical (unpaired) electrons. The molecule has 1 heterocycles. The minimum absolute atomic E-state index is 0.0812. The molecule has 190 valence electrons. The number of carboxylic acids is 2. The number of aromatic nitrogens is 2. The Kier molecular flexibility index (Phi) is 12.6. The number of hydrogen-bond donors (Lipinski definition) is 8. The third kappa shape index (κ3) is 10.2. The molecule has 4 unspecified atom stereocenters. The minimum Gasteiger partial charge on any atom is -0.481 e. The Hall–Kier alpha value is -3.17. The molecule has 15 heteroatoms. The number of H-pyrrole nitrogens is 1. The summed E-state index contributed by atoms with van der Waals surface area (Å²) in [5.74, 6) is -4.49. The van der Waals surface area contributed by atoms with Gasteiger partial charge < -0.3 is 42.0 Å². The summed E-state index contributed by atoms with van der Waals surface area (Å²) < 4.78 is 0. The fraction of sp³-hybridized carbons (Fsp3) is 0.579. The Balaban J connectivity index is 3.03. The molecule has 14 nitrogen and oxygen atoms in total. The Morgan fingerprint density at radius 1 is 1.03 bits per heavy atom. The smallest absolute Gasteiger partial charge is 0.326 e. The molecule has 9 N–H and O–H groups in total. The van der Waals surface area contributed by atoms with Gasteiger partial charge in [0.1, 0.15) is 24.2 Å². The van der Waals surface area contributed by atoms with Crippen molar-refractivity contribution in [2.45, 2.75) is 49.9 Å². The number of carbonyl (C=O) groups is 5. The van der Waals surface area contributed by atoms with Crippen LogP contribution < -0.4 is 21.7 Å². The number of rotatable bonds is 16. The van der Waals surface area contributed by atoms with Crippen LogP contribution in [0.3, 0.4) is 0 Å². The average molecular weight is 503 g/mol. The van der Waals surface area contributed by atoms with Crippen molar-refractivity contribution in [2.24, 2.45) is 5.73 Å². The predicted molar refractivity (Wildman–Crippen MR) is 121 cm³/mol. The van der Waals surface area contributed by atoms with E-state index in [0.717, 1.165) is 0 Å². The van der Waals surface area contributed by atoms with Crippen molar-refractivity contribution in [1.82, 2.24) is 25.9 Å². The van der Waals surface area contributed by atoms with Crippen LogP contribution in [0.4, 0.5) is 0 Å². The fourth-order valence-electron chi connectivity index (χ4n) is 2.76. The number of nitrogens with one attached hydrogen (secondary N) is 4. The minimum atomic E-state index is -1.49. The van der Waals surface area contributed by atoms with Crippen molar-refractivity contribution in [1.29, 1.82) is 0 Å². The number of aromatic amines is 1. The van der Waals surface area contributed by atoms with Gasteiger partial charge in [-0.2, -0.15) is 11.8 Å². The summed E-state index contributed by atoms with van der Waals surface area (Å²) in [6, 6.07) is -5.06. The molecule has 1 rings (SSSR count). The summed E-state index contributed by atoms with van der Waals surface area (Å²) in [6.45, 7) is -0.625. The highest BCUT2D eigenvalue weighted by atomic mass is 32.2. The molecule has 0 spiro atoms. The third-order valence-electron chi connectivity index (χ3n) is 4.65. The normalized spacial score (nSPS) is 14.3. The van der Waals surface area contributed by atoms with Crippen LogP contribution in [0.1, 0.15) is 25.0 Å². The predicted octanol–water partition coefficient (Wildman–Crippen LogP) is -2.57. The molecule has 0 fully saturated rings. The number of aliphatic hydroxyl groups is 1. The third-order valence-corrected chi connectivity index (χ3v) is 5.29. The van der Waals surface area contributed by atoms with Crippen LogP contribution in [0.5, 0.6) is 0 Å². The van der Waals surface area contributed by atoms with Crippen LogP contribution in [0.2, 0.25) is 0 Å². The Morgan fingerprint density at radius 3 is 2.18 bits per heavy atom. The molecule has 0 aromatic carbocycles. The monoisotopic (exact) mass is 502 g/mol. The molecule has 1 aromatic heterocycles. The lowest BCUT2D eigenvalue weighted by Crippen LogP contribution is -2.58. The van der Waals surface area contributed by atoms with Crippen molar-refractivity contribution < 1.29 is 39.3 Å². The van der Waals surface area contributed by atoms with E-state index in [4.69, 9.17) is 15.9 Å². The van der Waals surface area contributed by atoms with Gasteiger partial charge in [0.15, 0.2) is 0 Å². The van der Waals surface area contributed by atoms with Crippen LogP contribution in [-0.2, 0) is 30.4 Å². The molecule has 3 amide bonds. The van der Waals surface area contributed by atoms with Gasteiger partial charge in [-0.15, -0.1) is 0 Å². The summed E-state index contributed by atoms with van der Waals surface area (Å²) in [6.07, 6.45) is 3.85. The molecule has 0 saturated carbocycles. The molecule has 0 aliphatic carbocycles. The van der Waals surface area contributed by atoms with E-state index in [-0.39, 0.29) is 19.3 Å². The van der Waals surface area contributed by atoms with Crippen molar-refractivity contribution in [2.75, 3.05) is 18.6 Å². The van der Waals surface area contributed by atoms with Gasteiger partial charge in [0.05, 0.1) is 12.9 Å². The Labute approximate surface area is 199 Å². The van der Waals surface area contributed by atoms with E-state index in [1.807, 2.05) is 0 Å². The Bertz CT molecular complexity index is 837. The van der Waals surface area contributed by atoms with Gasteiger partial charge in [-0.05, 0) is 24.9 Å². The molecule has 0 saturated heterocycles. The summed E-state index contributed by atoms with van der Waals surface area (Å²) >= 11 is 1.42. The SMILES string of the molecule is CSCCC(NC(=O)C(N)CO)C(=O)NC(Cc1cnc[nH]1)C(=O)NC(CCC(=O)O)C(=O)O. The second-order valence-electron chi connectivity index (χ2n) is 7.31. The van der Waals surface area contributed by atoms with Gasteiger partial charge in [0, 0.05) is 24.7 Å². The lowest BCUT2D eigenvalue weighted by molar-refractivity contribution is -0.143. The zero-order valence-corrected chi connectivity index (χ0v) is 19.3. The number of carboxylic acid groups (broad SMARTS) is 2. The largest absolute Gasteiger partial charge is 0.481 e. The molecular weight excluding hydrogens is 472 g/mol. The van der Waals surface area contributed by atoms with Gasteiger partial charge in [-0.3, -0.25) is 19.2 Å². The fourth-order valence-corrected chi connectivity index (χ4v) is 3.23. The van der Waals surface area contributed by atoms with Crippen molar-refractivity contribution >= 4 is 41.4 Å². The second kappa shape index (κ2) is 14.9. The maximum absolute atomic E-state index is 12.9.